The van der Waals surface area contributed by atoms with Crippen LogP contribution in [0.5, 0.6) is 0 Å². The summed E-state index contributed by atoms with van der Waals surface area (Å²) in [6.45, 7) is 2.89. The van der Waals surface area contributed by atoms with Gasteiger partial charge in [-0.1, -0.05) is 18.3 Å². The summed E-state index contributed by atoms with van der Waals surface area (Å²) in [4.78, 5) is 17.0. The van der Waals surface area contributed by atoms with Crippen molar-refractivity contribution in [1.82, 2.24) is 14.6 Å². The van der Waals surface area contributed by atoms with Gasteiger partial charge in [-0.15, -0.1) is 5.10 Å². The van der Waals surface area contributed by atoms with E-state index in [0.29, 0.717) is 10.2 Å². The summed E-state index contributed by atoms with van der Waals surface area (Å²) in [7, 11) is 0. The molecule has 108 valence electrons. The third kappa shape index (κ3) is 3.12. The fourth-order valence-electron chi connectivity index (χ4n) is 1.96. The van der Waals surface area contributed by atoms with E-state index in [4.69, 9.17) is 0 Å². The highest BCUT2D eigenvalue weighted by Gasteiger charge is 2.15. The van der Waals surface area contributed by atoms with Gasteiger partial charge < -0.3 is 5.32 Å². The first-order valence-corrected chi connectivity index (χ1v) is 9.61. The second-order valence-corrected chi connectivity index (χ2v) is 8.00. The maximum absolute atomic E-state index is 11.9. The molecule has 0 bridgehead atoms. The van der Waals surface area contributed by atoms with E-state index in [9.17, 15) is 4.79 Å². The number of fused-ring (bicyclic) bond motifs is 1. The summed E-state index contributed by atoms with van der Waals surface area (Å²) in [6, 6.07) is 1.56. The Hall–Kier alpha value is -0.730. The number of anilines is 1. The zero-order valence-electron chi connectivity index (χ0n) is 11.2. The molecule has 1 fully saturated rings. The Kier molecular flexibility index (Phi) is 4.52. The van der Waals surface area contributed by atoms with Gasteiger partial charge >= 0.3 is 0 Å². The van der Waals surface area contributed by atoms with Crippen LogP contribution in [0.25, 0.3) is 4.96 Å². The predicted octanol–water partition coefficient (Wildman–Crippen LogP) is 1.97. The van der Waals surface area contributed by atoms with Gasteiger partial charge in [0.1, 0.15) is 0 Å². The van der Waals surface area contributed by atoms with Gasteiger partial charge in [0.15, 0.2) is 0 Å². The molecule has 0 amide bonds. The highest BCUT2D eigenvalue weighted by molar-refractivity contribution is 8.06. The first-order valence-electron chi connectivity index (χ1n) is 6.59. The van der Waals surface area contributed by atoms with Gasteiger partial charge in [0, 0.05) is 40.8 Å². The average molecular weight is 328 g/mol. The van der Waals surface area contributed by atoms with E-state index >= 15 is 0 Å². The topological polar surface area (TPSA) is 59.3 Å². The Morgan fingerprint density at radius 3 is 3.15 bits per heavy atom. The quantitative estimate of drug-likeness (QED) is 0.926. The molecule has 1 unspecified atom stereocenters. The van der Waals surface area contributed by atoms with E-state index in [1.807, 2.05) is 30.4 Å². The van der Waals surface area contributed by atoms with E-state index < -0.39 is 0 Å². The molecule has 1 N–H and O–H groups in total. The molecule has 1 aliphatic rings. The van der Waals surface area contributed by atoms with Crippen LogP contribution >= 0.6 is 34.9 Å². The third-order valence-corrected chi connectivity index (χ3v) is 6.74. The van der Waals surface area contributed by atoms with Crippen molar-refractivity contribution in [2.24, 2.45) is 0 Å². The highest BCUT2D eigenvalue weighted by atomic mass is 32.2. The molecule has 0 saturated carbocycles. The standard InChI is InChI=1S/C12H16N4OS3/c1-2-8-5-10(17)16-12(14-8)20-11(15-16)13-6-9-7-18-3-4-19-9/h5,9H,2-4,6-7H2,1H3,(H,13,15). The minimum atomic E-state index is -0.0984. The van der Waals surface area contributed by atoms with Crippen LogP contribution in [0.2, 0.25) is 0 Å². The molecular formula is C12H16N4OS3. The Bertz CT molecular complexity index is 648. The van der Waals surface area contributed by atoms with Gasteiger partial charge in [-0.3, -0.25) is 4.79 Å². The molecule has 0 radical (unpaired) electrons. The van der Waals surface area contributed by atoms with Gasteiger partial charge in [0.2, 0.25) is 10.1 Å². The van der Waals surface area contributed by atoms with Gasteiger partial charge in [0.05, 0.1) is 0 Å². The van der Waals surface area contributed by atoms with Crippen molar-refractivity contribution < 1.29 is 0 Å². The molecule has 0 spiro atoms. The summed E-state index contributed by atoms with van der Waals surface area (Å²) < 4.78 is 1.38. The lowest BCUT2D eigenvalue weighted by atomic mass is 10.3. The number of rotatable bonds is 4. The number of hydrogen-bond donors (Lipinski definition) is 1. The number of nitrogens with one attached hydrogen (secondary N) is 1. The molecular weight excluding hydrogens is 312 g/mol. The van der Waals surface area contributed by atoms with Crippen molar-refractivity contribution >= 4 is 45.0 Å². The molecule has 1 aliphatic heterocycles. The summed E-state index contributed by atoms with van der Waals surface area (Å²) in [5.74, 6) is 3.65. The molecule has 2 aromatic heterocycles. The molecule has 3 rings (SSSR count). The third-order valence-electron chi connectivity index (χ3n) is 3.03. The minimum absolute atomic E-state index is 0.0984. The largest absolute Gasteiger partial charge is 0.359 e. The molecule has 3 heterocycles. The Morgan fingerprint density at radius 1 is 1.50 bits per heavy atom. The van der Waals surface area contributed by atoms with E-state index in [1.165, 1.54) is 33.1 Å². The van der Waals surface area contributed by atoms with Gasteiger partial charge in [0.25, 0.3) is 5.56 Å². The Balaban J connectivity index is 1.75. The van der Waals surface area contributed by atoms with Crippen LogP contribution in [0, 0.1) is 0 Å². The number of aromatic nitrogens is 3. The number of aryl methyl sites for hydroxylation is 1. The Morgan fingerprint density at radius 2 is 2.40 bits per heavy atom. The predicted molar refractivity (Wildman–Crippen MR) is 88.6 cm³/mol. The van der Waals surface area contributed by atoms with Crippen LogP contribution in [-0.4, -0.2) is 43.7 Å². The van der Waals surface area contributed by atoms with Gasteiger partial charge in [-0.2, -0.15) is 28.0 Å². The molecule has 8 heteroatoms. The lowest BCUT2D eigenvalue weighted by molar-refractivity contribution is 0.871. The lowest BCUT2D eigenvalue weighted by Crippen LogP contribution is -2.23. The first-order chi connectivity index (χ1) is 9.76. The SMILES string of the molecule is CCc1cc(=O)n2nc(NCC3CSCCS3)sc2n1. The summed E-state index contributed by atoms with van der Waals surface area (Å²) in [6.07, 6.45) is 0.766. The van der Waals surface area contributed by atoms with Crippen LogP contribution in [0.4, 0.5) is 5.13 Å². The van der Waals surface area contributed by atoms with E-state index in [2.05, 4.69) is 15.4 Å². The highest BCUT2D eigenvalue weighted by Crippen LogP contribution is 2.25. The molecule has 0 aliphatic carbocycles. The monoisotopic (exact) mass is 328 g/mol. The molecule has 1 saturated heterocycles. The van der Waals surface area contributed by atoms with Crippen molar-refractivity contribution in [3.8, 4) is 0 Å². The number of nitrogens with zero attached hydrogens (tertiary/aromatic N) is 3. The maximum atomic E-state index is 11.9. The molecule has 1 atom stereocenters. The van der Waals surface area contributed by atoms with Crippen molar-refractivity contribution in [3.05, 3.63) is 22.1 Å². The summed E-state index contributed by atoms with van der Waals surface area (Å²) >= 11 is 5.46. The van der Waals surface area contributed by atoms with Crippen molar-refractivity contribution in [3.63, 3.8) is 0 Å². The second-order valence-electron chi connectivity index (χ2n) is 4.49. The van der Waals surface area contributed by atoms with Crippen molar-refractivity contribution in [1.29, 1.82) is 0 Å². The summed E-state index contributed by atoms with van der Waals surface area (Å²) in [5, 5.41) is 9.05. The van der Waals surface area contributed by atoms with E-state index in [1.54, 1.807) is 6.07 Å². The zero-order valence-corrected chi connectivity index (χ0v) is 13.6. The first kappa shape index (κ1) is 14.2. The zero-order chi connectivity index (χ0) is 13.9. The summed E-state index contributed by atoms with van der Waals surface area (Å²) in [5.41, 5.74) is 0.725. The van der Waals surface area contributed by atoms with Gasteiger partial charge in [-0.05, 0) is 6.42 Å². The fraction of sp³-hybridized carbons (Fsp3) is 0.583. The van der Waals surface area contributed by atoms with Crippen LogP contribution in [0.3, 0.4) is 0 Å². The molecule has 20 heavy (non-hydrogen) atoms. The van der Waals surface area contributed by atoms with Gasteiger partial charge in [-0.25, -0.2) is 4.98 Å². The van der Waals surface area contributed by atoms with Crippen LogP contribution < -0.4 is 10.9 Å². The number of hydrogen-bond acceptors (Lipinski definition) is 7. The van der Waals surface area contributed by atoms with Crippen molar-refractivity contribution in [2.75, 3.05) is 29.1 Å². The van der Waals surface area contributed by atoms with Crippen LogP contribution in [-0.2, 0) is 6.42 Å². The smallest absolute Gasteiger partial charge is 0.275 e. The van der Waals surface area contributed by atoms with E-state index in [-0.39, 0.29) is 5.56 Å². The maximum Gasteiger partial charge on any atom is 0.275 e. The second kappa shape index (κ2) is 6.36. The molecule has 2 aromatic rings. The van der Waals surface area contributed by atoms with Crippen LogP contribution in [0.15, 0.2) is 10.9 Å². The average Bonchev–Trinajstić information content (AvgIpc) is 2.89. The molecule has 0 aromatic carbocycles. The fourth-order valence-corrected chi connectivity index (χ4v) is 5.41. The normalized spacial score (nSPS) is 19.4. The minimum Gasteiger partial charge on any atom is -0.359 e. The van der Waals surface area contributed by atoms with Crippen molar-refractivity contribution in [2.45, 2.75) is 18.6 Å². The number of thioether (sulfide) groups is 2. The molecule has 5 nitrogen and oxygen atoms in total. The lowest BCUT2D eigenvalue weighted by Gasteiger charge is -2.20. The van der Waals surface area contributed by atoms with Crippen LogP contribution in [0.1, 0.15) is 12.6 Å². The Labute approximate surface area is 129 Å². The van der Waals surface area contributed by atoms with E-state index in [0.717, 1.165) is 23.8 Å².